The summed E-state index contributed by atoms with van der Waals surface area (Å²) >= 11 is 1.86. The first kappa shape index (κ1) is 11.0. The van der Waals surface area contributed by atoms with Crippen LogP contribution in [0, 0.1) is 3.57 Å². The Morgan fingerprint density at radius 2 is 1.93 bits per heavy atom. The molecule has 1 aromatic carbocycles. The van der Waals surface area contributed by atoms with Gasteiger partial charge in [0.2, 0.25) is 0 Å². The van der Waals surface area contributed by atoms with E-state index in [1.54, 1.807) is 6.07 Å². The Morgan fingerprint density at radius 1 is 1.27 bits per heavy atom. The Morgan fingerprint density at radius 3 is 2.47 bits per heavy atom. The Kier molecular flexibility index (Phi) is 2.83. The molecule has 0 spiro atoms. The summed E-state index contributed by atoms with van der Waals surface area (Å²) in [5, 5.41) is 0. The standard InChI is InChI=1S/C10H8F3IO/c11-10(12,13)7-2-1-3-8(14)9(7)15-6-4-5-6/h1-3,6H,4-5H2. The van der Waals surface area contributed by atoms with Crippen LogP contribution in [0.2, 0.25) is 0 Å². The highest BCUT2D eigenvalue weighted by atomic mass is 127. The fraction of sp³-hybridized carbons (Fsp3) is 0.400. The average molecular weight is 328 g/mol. The monoisotopic (exact) mass is 328 g/mol. The van der Waals surface area contributed by atoms with Crippen LogP contribution in [0.1, 0.15) is 18.4 Å². The topological polar surface area (TPSA) is 9.23 Å². The molecule has 0 amide bonds. The highest BCUT2D eigenvalue weighted by molar-refractivity contribution is 14.1. The number of alkyl halides is 3. The van der Waals surface area contributed by atoms with Gasteiger partial charge in [-0.1, -0.05) is 6.07 Å². The van der Waals surface area contributed by atoms with Gasteiger partial charge in [0.15, 0.2) is 0 Å². The van der Waals surface area contributed by atoms with E-state index in [-0.39, 0.29) is 11.9 Å². The van der Waals surface area contributed by atoms with Gasteiger partial charge in [-0.2, -0.15) is 13.2 Å². The summed E-state index contributed by atoms with van der Waals surface area (Å²) < 4.78 is 43.6. The van der Waals surface area contributed by atoms with Crippen molar-refractivity contribution < 1.29 is 17.9 Å². The van der Waals surface area contributed by atoms with Crippen LogP contribution in [0.25, 0.3) is 0 Å². The summed E-state index contributed by atoms with van der Waals surface area (Å²) in [5.41, 5.74) is -0.679. The van der Waals surface area contributed by atoms with Crippen molar-refractivity contribution in [2.75, 3.05) is 0 Å². The Labute approximate surface area is 98.8 Å². The lowest BCUT2D eigenvalue weighted by Gasteiger charge is -2.14. The maximum absolute atomic E-state index is 12.6. The first-order valence-corrected chi connectivity index (χ1v) is 5.59. The SMILES string of the molecule is FC(F)(F)c1cccc(I)c1OC1CC1. The number of rotatable bonds is 2. The minimum absolute atomic E-state index is 0.0203. The van der Waals surface area contributed by atoms with Crippen molar-refractivity contribution in [1.29, 1.82) is 0 Å². The molecule has 0 heterocycles. The first-order chi connectivity index (χ1) is 6.98. The molecule has 1 saturated carbocycles. The minimum atomic E-state index is -4.34. The van der Waals surface area contributed by atoms with E-state index in [2.05, 4.69) is 0 Å². The molecule has 0 bridgehead atoms. The van der Waals surface area contributed by atoms with E-state index in [1.165, 1.54) is 6.07 Å². The molecular weight excluding hydrogens is 320 g/mol. The fourth-order valence-corrected chi connectivity index (χ4v) is 1.83. The molecule has 1 aromatic rings. The van der Waals surface area contributed by atoms with Crippen LogP contribution in [0.5, 0.6) is 5.75 Å². The molecule has 1 aliphatic rings. The molecule has 0 radical (unpaired) electrons. The second-order valence-electron chi connectivity index (χ2n) is 3.43. The maximum Gasteiger partial charge on any atom is 0.420 e. The highest BCUT2D eigenvalue weighted by Crippen LogP contribution is 2.41. The molecule has 0 N–H and O–H groups in total. The van der Waals surface area contributed by atoms with Gasteiger partial charge >= 0.3 is 6.18 Å². The molecule has 15 heavy (non-hydrogen) atoms. The molecular formula is C10H8F3IO. The molecule has 1 fully saturated rings. The lowest BCUT2D eigenvalue weighted by atomic mass is 10.2. The molecule has 1 aliphatic carbocycles. The molecule has 0 atom stereocenters. The summed E-state index contributed by atoms with van der Waals surface area (Å²) in [7, 11) is 0. The van der Waals surface area contributed by atoms with Crippen LogP contribution < -0.4 is 4.74 Å². The van der Waals surface area contributed by atoms with Crippen LogP contribution in [-0.4, -0.2) is 6.10 Å². The second-order valence-corrected chi connectivity index (χ2v) is 4.59. The third kappa shape index (κ3) is 2.56. The smallest absolute Gasteiger partial charge is 0.420 e. The minimum Gasteiger partial charge on any atom is -0.489 e. The summed E-state index contributed by atoms with van der Waals surface area (Å²) in [6.45, 7) is 0. The van der Waals surface area contributed by atoms with Crippen LogP contribution >= 0.6 is 22.6 Å². The van der Waals surface area contributed by atoms with Crippen molar-refractivity contribution in [3.8, 4) is 5.75 Å². The van der Waals surface area contributed by atoms with Gasteiger partial charge in [0.1, 0.15) is 5.75 Å². The van der Waals surface area contributed by atoms with Crippen molar-refractivity contribution in [2.24, 2.45) is 0 Å². The Balaban J connectivity index is 2.38. The van der Waals surface area contributed by atoms with Crippen molar-refractivity contribution in [3.05, 3.63) is 27.3 Å². The second kappa shape index (κ2) is 3.84. The predicted octanol–water partition coefficient (Wildman–Crippen LogP) is 3.85. The van der Waals surface area contributed by atoms with Crippen LogP contribution in [0.15, 0.2) is 18.2 Å². The van der Waals surface area contributed by atoms with Gasteiger partial charge < -0.3 is 4.74 Å². The third-order valence-corrected chi connectivity index (χ3v) is 2.93. The van der Waals surface area contributed by atoms with Crippen molar-refractivity contribution in [3.63, 3.8) is 0 Å². The zero-order chi connectivity index (χ0) is 11.1. The molecule has 2 rings (SSSR count). The number of ether oxygens (including phenoxy) is 1. The molecule has 5 heteroatoms. The van der Waals surface area contributed by atoms with Crippen LogP contribution in [0.4, 0.5) is 13.2 Å². The van der Waals surface area contributed by atoms with Crippen molar-refractivity contribution in [1.82, 2.24) is 0 Å². The van der Waals surface area contributed by atoms with Gasteiger partial charge in [-0.3, -0.25) is 0 Å². The van der Waals surface area contributed by atoms with Gasteiger partial charge in [0.25, 0.3) is 0 Å². The highest BCUT2D eigenvalue weighted by Gasteiger charge is 2.37. The zero-order valence-electron chi connectivity index (χ0n) is 7.64. The lowest BCUT2D eigenvalue weighted by Crippen LogP contribution is -2.10. The zero-order valence-corrected chi connectivity index (χ0v) is 9.80. The lowest BCUT2D eigenvalue weighted by molar-refractivity contribution is -0.139. The number of para-hydroxylation sites is 1. The maximum atomic E-state index is 12.6. The van der Waals surface area contributed by atoms with Crippen LogP contribution in [-0.2, 0) is 6.18 Å². The average Bonchev–Trinajstić information content (AvgIpc) is 2.90. The van der Waals surface area contributed by atoms with E-state index in [9.17, 15) is 13.2 Å². The Hall–Kier alpha value is -0.460. The molecule has 82 valence electrons. The molecule has 1 nitrogen and oxygen atoms in total. The van der Waals surface area contributed by atoms with Gasteiger partial charge in [-0.05, 0) is 47.6 Å². The van der Waals surface area contributed by atoms with Gasteiger partial charge in [-0.15, -0.1) is 0 Å². The predicted molar refractivity (Wildman–Crippen MR) is 57.8 cm³/mol. The number of halogens is 4. The van der Waals surface area contributed by atoms with Gasteiger partial charge in [0, 0.05) is 0 Å². The summed E-state index contributed by atoms with van der Waals surface area (Å²) in [6.07, 6.45) is -2.67. The normalized spacial score (nSPS) is 16.5. The largest absolute Gasteiger partial charge is 0.489 e. The van der Waals surface area contributed by atoms with E-state index >= 15 is 0 Å². The fourth-order valence-electron chi connectivity index (χ4n) is 1.20. The van der Waals surface area contributed by atoms with E-state index in [1.807, 2.05) is 22.6 Å². The van der Waals surface area contributed by atoms with E-state index in [0.717, 1.165) is 18.9 Å². The third-order valence-electron chi connectivity index (χ3n) is 2.08. The van der Waals surface area contributed by atoms with E-state index < -0.39 is 11.7 Å². The van der Waals surface area contributed by atoms with Crippen molar-refractivity contribution >= 4 is 22.6 Å². The van der Waals surface area contributed by atoms with E-state index in [0.29, 0.717) is 3.57 Å². The van der Waals surface area contributed by atoms with Crippen molar-refractivity contribution in [2.45, 2.75) is 25.1 Å². The number of hydrogen-bond donors (Lipinski definition) is 0. The summed E-state index contributed by atoms with van der Waals surface area (Å²) in [6, 6.07) is 4.07. The first-order valence-electron chi connectivity index (χ1n) is 4.51. The molecule has 0 saturated heterocycles. The molecule has 0 aromatic heterocycles. The summed E-state index contributed by atoms with van der Waals surface area (Å²) in [4.78, 5) is 0. The quantitative estimate of drug-likeness (QED) is 0.750. The van der Waals surface area contributed by atoms with Gasteiger partial charge in [0.05, 0.1) is 15.2 Å². The van der Waals surface area contributed by atoms with Gasteiger partial charge in [-0.25, -0.2) is 0 Å². The Bertz CT molecular complexity index is 371. The van der Waals surface area contributed by atoms with E-state index in [4.69, 9.17) is 4.74 Å². The summed E-state index contributed by atoms with van der Waals surface area (Å²) in [5.74, 6) is -0.0203. The molecule has 0 unspecified atom stereocenters. The number of benzene rings is 1. The number of hydrogen-bond acceptors (Lipinski definition) is 1. The van der Waals surface area contributed by atoms with Crippen LogP contribution in [0.3, 0.4) is 0 Å². The molecule has 0 aliphatic heterocycles.